The van der Waals surface area contributed by atoms with Crippen LogP contribution in [0.5, 0.6) is 0 Å². The van der Waals surface area contributed by atoms with E-state index in [1.165, 1.54) is 0 Å². The third-order valence-corrected chi connectivity index (χ3v) is 5.91. The van der Waals surface area contributed by atoms with Crippen molar-refractivity contribution in [2.45, 2.75) is 34.2 Å². The van der Waals surface area contributed by atoms with Crippen LogP contribution in [0, 0.1) is 11.3 Å². The fraction of sp³-hybridized carbons (Fsp3) is 0.290. The van der Waals surface area contributed by atoms with Crippen LogP contribution < -0.4 is 16.0 Å². The molecular weight excluding hydrogens is 508 g/mol. The molecule has 0 saturated carbocycles. The Kier molecular flexibility index (Phi) is 10.8. The van der Waals surface area contributed by atoms with Gasteiger partial charge in [-0.15, -0.1) is 0 Å². The highest BCUT2D eigenvalue weighted by Gasteiger charge is 2.19. The Labute approximate surface area is 234 Å². The summed E-state index contributed by atoms with van der Waals surface area (Å²) in [7, 11) is 0. The first kappa shape index (κ1) is 29.9. The largest absolute Gasteiger partial charge is 0.462 e. The van der Waals surface area contributed by atoms with Crippen molar-refractivity contribution in [2.24, 2.45) is 5.92 Å². The van der Waals surface area contributed by atoms with Crippen LogP contribution in [0.15, 0.2) is 66.7 Å². The number of amides is 2. The van der Waals surface area contributed by atoms with Crippen LogP contribution in [0.1, 0.15) is 59.5 Å². The third kappa shape index (κ3) is 8.17. The van der Waals surface area contributed by atoms with Crippen LogP contribution >= 0.6 is 0 Å². The summed E-state index contributed by atoms with van der Waals surface area (Å²) >= 11 is 0. The molecule has 3 aromatic rings. The molecule has 0 atom stereocenters. The normalized spacial score (nSPS) is 10.5. The van der Waals surface area contributed by atoms with Gasteiger partial charge in [0.1, 0.15) is 5.84 Å². The quantitative estimate of drug-likeness (QED) is 0.141. The number of anilines is 1. The minimum Gasteiger partial charge on any atom is -0.462 e. The molecule has 2 amide bonds. The van der Waals surface area contributed by atoms with Crippen molar-refractivity contribution in [3.8, 4) is 11.1 Å². The number of amidine groups is 1. The molecule has 0 radical (unpaired) electrons. The summed E-state index contributed by atoms with van der Waals surface area (Å²) < 4.78 is 10.1. The first-order chi connectivity index (χ1) is 19.2. The summed E-state index contributed by atoms with van der Waals surface area (Å²) in [5.41, 5.74) is 4.51. The van der Waals surface area contributed by atoms with Crippen molar-refractivity contribution >= 4 is 29.5 Å². The molecule has 9 nitrogen and oxygen atoms in total. The van der Waals surface area contributed by atoms with Gasteiger partial charge in [0.05, 0.1) is 18.8 Å². The molecule has 0 aliphatic heterocycles. The Morgan fingerprint density at radius 3 is 2.20 bits per heavy atom. The molecule has 0 aliphatic carbocycles. The number of hydrogen-bond acceptors (Lipinski definition) is 7. The number of rotatable bonds is 11. The molecular formula is C31H36N4O5. The Balaban J connectivity index is 1.82. The minimum atomic E-state index is -0.669. The van der Waals surface area contributed by atoms with E-state index in [2.05, 4.69) is 16.0 Å². The van der Waals surface area contributed by atoms with E-state index in [0.717, 1.165) is 16.8 Å². The van der Waals surface area contributed by atoms with Crippen molar-refractivity contribution in [1.29, 1.82) is 5.41 Å². The second-order valence-electron chi connectivity index (χ2n) is 9.39. The molecule has 3 rings (SSSR count). The van der Waals surface area contributed by atoms with Crippen LogP contribution in [-0.4, -0.2) is 43.6 Å². The summed E-state index contributed by atoms with van der Waals surface area (Å²) in [5.74, 6) is -0.483. The lowest BCUT2D eigenvalue weighted by atomic mass is 9.93. The van der Waals surface area contributed by atoms with Gasteiger partial charge in [-0.25, -0.2) is 9.59 Å². The fourth-order valence-electron chi connectivity index (χ4n) is 3.93. The summed E-state index contributed by atoms with van der Waals surface area (Å²) in [6.45, 7) is 8.90. The maximum atomic E-state index is 12.9. The van der Waals surface area contributed by atoms with Gasteiger partial charge in [-0.2, -0.15) is 0 Å². The molecule has 0 aromatic heterocycles. The zero-order chi connectivity index (χ0) is 29.1. The molecule has 9 heteroatoms. The second kappa shape index (κ2) is 14.5. The van der Waals surface area contributed by atoms with E-state index in [0.29, 0.717) is 41.3 Å². The number of carbonyl (C=O) groups excluding carboxylic acids is 3. The van der Waals surface area contributed by atoms with E-state index in [1.807, 2.05) is 50.2 Å². The van der Waals surface area contributed by atoms with E-state index in [9.17, 15) is 14.4 Å². The number of carbonyl (C=O) groups is 3. The molecule has 3 aromatic carbocycles. The summed E-state index contributed by atoms with van der Waals surface area (Å²) in [4.78, 5) is 37.2. The number of alkyl carbamates (subject to hydrolysis) is 1. The van der Waals surface area contributed by atoms with Crippen LogP contribution in [0.2, 0.25) is 0 Å². The van der Waals surface area contributed by atoms with Crippen LogP contribution in [-0.2, 0) is 16.0 Å². The fourth-order valence-corrected chi connectivity index (χ4v) is 3.93. The number of hydrogen-bond donors (Lipinski definition) is 4. The zero-order valence-corrected chi connectivity index (χ0v) is 23.3. The standard InChI is InChI=1S/C31H36N4O5/c1-5-39-30(37)27-17-22(29(36)34-18-20(3)4)13-16-26(27)25-10-8-7-9-23(25)19-33-24-14-11-21(12-15-24)28(32)35-31(38)40-6-2/h7-17,20,33H,5-6,18-19H2,1-4H3,(H,34,36)(H2,32,35,38). The van der Waals surface area contributed by atoms with Gasteiger partial charge >= 0.3 is 12.1 Å². The van der Waals surface area contributed by atoms with Gasteiger partial charge in [0.2, 0.25) is 0 Å². The van der Waals surface area contributed by atoms with Gasteiger partial charge in [0.25, 0.3) is 5.91 Å². The molecule has 0 fully saturated rings. The second-order valence-corrected chi connectivity index (χ2v) is 9.39. The summed E-state index contributed by atoms with van der Waals surface area (Å²) in [5, 5.41) is 16.7. The van der Waals surface area contributed by atoms with E-state index < -0.39 is 12.1 Å². The third-order valence-electron chi connectivity index (χ3n) is 5.91. The van der Waals surface area contributed by atoms with E-state index in [4.69, 9.17) is 14.9 Å². The van der Waals surface area contributed by atoms with Crippen molar-refractivity contribution in [3.05, 3.63) is 89.0 Å². The molecule has 0 saturated heterocycles. The average Bonchev–Trinajstić information content (AvgIpc) is 2.95. The topological polar surface area (TPSA) is 130 Å². The van der Waals surface area contributed by atoms with Crippen molar-refractivity contribution in [1.82, 2.24) is 10.6 Å². The predicted octanol–water partition coefficient (Wildman–Crippen LogP) is 5.60. The van der Waals surface area contributed by atoms with Crippen molar-refractivity contribution in [2.75, 3.05) is 25.1 Å². The van der Waals surface area contributed by atoms with Gasteiger partial charge in [-0.3, -0.25) is 15.5 Å². The highest BCUT2D eigenvalue weighted by atomic mass is 16.5. The molecule has 0 bridgehead atoms. The molecule has 0 heterocycles. The average molecular weight is 545 g/mol. The summed E-state index contributed by atoms with van der Waals surface area (Å²) in [6.07, 6.45) is -0.669. The smallest absolute Gasteiger partial charge is 0.412 e. The lowest BCUT2D eigenvalue weighted by molar-refractivity contribution is 0.0527. The van der Waals surface area contributed by atoms with E-state index in [1.54, 1.807) is 44.2 Å². The molecule has 0 spiro atoms. The highest BCUT2D eigenvalue weighted by molar-refractivity contribution is 6.05. The Hall–Kier alpha value is -4.66. The number of benzene rings is 3. The van der Waals surface area contributed by atoms with Crippen molar-refractivity contribution < 1.29 is 23.9 Å². The van der Waals surface area contributed by atoms with E-state index >= 15 is 0 Å². The van der Waals surface area contributed by atoms with Gasteiger partial charge < -0.3 is 20.1 Å². The first-order valence-electron chi connectivity index (χ1n) is 13.3. The summed E-state index contributed by atoms with van der Waals surface area (Å²) in [6, 6.07) is 19.9. The molecule has 0 aliphatic rings. The lowest BCUT2D eigenvalue weighted by Gasteiger charge is -2.16. The first-order valence-corrected chi connectivity index (χ1v) is 13.3. The minimum absolute atomic E-state index is 0.0526. The molecule has 4 N–H and O–H groups in total. The van der Waals surface area contributed by atoms with Gasteiger partial charge in [0.15, 0.2) is 0 Å². The lowest BCUT2D eigenvalue weighted by Crippen LogP contribution is -2.30. The Morgan fingerprint density at radius 2 is 1.52 bits per heavy atom. The van der Waals surface area contributed by atoms with Crippen LogP contribution in [0.25, 0.3) is 11.1 Å². The monoisotopic (exact) mass is 544 g/mol. The zero-order valence-electron chi connectivity index (χ0n) is 23.3. The van der Waals surface area contributed by atoms with Crippen LogP contribution in [0.3, 0.4) is 0 Å². The van der Waals surface area contributed by atoms with Gasteiger partial charge in [0, 0.05) is 29.9 Å². The highest BCUT2D eigenvalue weighted by Crippen LogP contribution is 2.29. The Morgan fingerprint density at radius 1 is 0.850 bits per heavy atom. The maximum absolute atomic E-state index is 12.9. The number of esters is 1. The molecule has 40 heavy (non-hydrogen) atoms. The molecule has 210 valence electrons. The Bertz CT molecular complexity index is 1350. The van der Waals surface area contributed by atoms with Gasteiger partial charge in [-0.1, -0.05) is 44.2 Å². The molecule has 0 unspecified atom stereocenters. The maximum Gasteiger partial charge on any atom is 0.412 e. The SMILES string of the molecule is CCOC(=O)NC(=N)c1ccc(NCc2ccccc2-c2ccc(C(=O)NCC(C)C)cc2C(=O)OCC)cc1. The van der Waals surface area contributed by atoms with E-state index in [-0.39, 0.29) is 25.0 Å². The number of nitrogens with one attached hydrogen (secondary N) is 4. The predicted molar refractivity (Wildman–Crippen MR) is 156 cm³/mol. The van der Waals surface area contributed by atoms with Crippen molar-refractivity contribution in [3.63, 3.8) is 0 Å². The van der Waals surface area contributed by atoms with Crippen LogP contribution in [0.4, 0.5) is 10.5 Å². The van der Waals surface area contributed by atoms with Gasteiger partial charge in [-0.05, 0) is 72.9 Å². The number of ether oxygens (including phenoxy) is 2.